The van der Waals surface area contributed by atoms with Gasteiger partial charge in [-0.3, -0.25) is 9.59 Å². The highest BCUT2D eigenvalue weighted by Gasteiger charge is 2.22. The van der Waals surface area contributed by atoms with Gasteiger partial charge in [0.05, 0.1) is 40.3 Å². The summed E-state index contributed by atoms with van der Waals surface area (Å²) in [6.07, 6.45) is 91.3. The van der Waals surface area contributed by atoms with Crippen LogP contribution in [-0.4, -0.2) is 82.3 Å². The Hall–Kier alpha value is -2.49. The van der Waals surface area contributed by atoms with Gasteiger partial charge >= 0.3 is 11.9 Å². The number of carboxylic acids is 1. The second-order valence-electron chi connectivity index (χ2n) is 28.7. The largest absolute Gasteiger partial charge is 0.545 e. The summed E-state index contributed by atoms with van der Waals surface area (Å²) in [5.41, 5.74) is 0. The Labute approximate surface area is 566 Å². The summed E-state index contributed by atoms with van der Waals surface area (Å²) >= 11 is 0. The fourth-order valence-corrected chi connectivity index (χ4v) is 12.2. The lowest BCUT2D eigenvalue weighted by molar-refractivity contribution is -0.870. The first-order chi connectivity index (χ1) is 44.6. The van der Waals surface area contributed by atoms with Gasteiger partial charge in [0.15, 0.2) is 12.4 Å². The Morgan fingerprint density at radius 1 is 0.330 bits per heavy atom. The minimum Gasteiger partial charge on any atom is -0.545 e. The van der Waals surface area contributed by atoms with Crippen molar-refractivity contribution in [2.45, 2.75) is 424 Å². The molecule has 0 aliphatic rings. The smallest absolute Gasteiger partial charge is 0.306 e. The van der Waals surface area contributed by atoms with Crippen molar-refractivity contribution in [2.75, 3.05) is 47.5 Å². The molecule has 0 N–H and O–H groups in total. The molecule has 0 bridgehead atoms. The summed E-state index contributed by atoms with van der Waals surface area (Å²) in [7, 11) is 5.95. The number of nitrogens with zero attached hydrogens (tertiary/aromatic N) is 1. The van der Waals surface area contributed by atoms with Gasteiger partial charge in [0, 0.05) is 12.8 Å². The molecule has 9 nitrogen and oxygen atoms in total. The molecule has 0 aromatic heterocycles. The summed E-state index contributed by atoms with van der Waals surface area (Å²) in [5.74, 6) is -2.25. The number of ether oxygens (including phenoxy) is 4. The average Bonchev–Trinajstić information content (AvgIpc) is 3.46. The molecule has 0 saturated carbocycles. The number of likely N-dealkylation sites (N-methyl/N-ethyl adjacent to an activating group) is 1. The van der Waals surface area contributed by atoms with Gasteiger partial charge in [0.1, 0.15) is 13.2 Å². The van der Waals surface area contributed by atoms with Crippen molar-refractivity contribution in [2.24, 2.45) is 0 Å². The van der Waals surface area contributed by atoms with Gasteiger partial charge in [-0.05, 0) is 70.6 Å². The van der Waals surface area contributed by atoms with Gasteiger partial charge in [-0.15, -0.1) is 0 Å². The Morgan fingerprint density at radius 3 is 0.879 bits per heavy atom. The number of carbonyl (C=O) groups excluding carboxylic acids is 3. The van der Waals surface area contributed by atoms with Crippen molar-refractivity contribution in [3.8, 4) is 0 Å². The molecule has 0 aliphatic heterocycles. The number of allylic oxidation sites excluding steroid dienone is 6. The van der Waals surface area contributed by atoms with E-state index in [-0.39, 0.29) is 32.2 Å². The van der Waals surface area contributed by atoms with E-state index in [9.17, 15) is 19.5 Å². The van der Waals surface area contributed by atoms with Crippen molar-refractivity contribution in [3.05, 3.63) is 36.5 Å². The van der Waals surface area contributed by atoms with Crippen molar-refractivity contribution in [1.29, 1.82) is 0 Å². The first kappa shape index (κ1) is 88.5. The third-order valence-corrected chi connectivity index (χ3v) is 18.4. The second kappa shape index (κ2) is 73.3. The third-order valence-electron chi connectivity index (χ3n) is 18.4. The van der Waals surface area contributed by atoms with Crippen LogP contribution in [0.3, 0.4) is 0 Å². The van der Waals surface area contributed by atoms with E-state index in [0.717, 1.165) is 44.9 Å². The molecule has 91 heavy (non-hydrogen) atoms. The molecule has 0 spiro atoms. The molecular weight excluding hydrogens is 1130 g/mol. The van der Waals surface area contributed by atoms with Crippen LogP contribution in [0.4, 0.5) is 0 Å². The maximum absolute atomic E-state index is 13.0. The van der Waals surface area contributed by atoms with Gasteiger partial charge in [-0.2, -0.15) is 0 Å². The highest BCUT2D eigenvalue weighted by molar-refractivity contribution is 5.70. The van der Waals surface area contributed by atoms with Crippen LogP contribution in [0.15, 0.2) is 36.5 Å². The number of carboxylic acid groups (broad SMARTS) is 1. The molecule has 0 saturated heterocycles. The van der Waals surface area contributed by atoms with Crippen molar-refractivity contribution in [1.82, 2.24) is 0 Å². The molecule has 9 heteroatoms. The molecule has 2 unspecified atom stereocenters. The van der Waals surface area contributed by atoms with Crippen LogP contribution in [0.1, 0.15) is 412 Å². The summed E-state index contributed by atoms with van der Waals surface area (Å²) < 4.78 is 22.9. The standard InChI is InChI=1S/C82H155NO8/c1-6-8-10-12-14-16-18-20-22-24-26-28-30-32-34-36-38-40-42-44-46-48-50-52-54-56-58-60-62-64-66-68-70-72-79(84)89-76-78(77-90-82(81(86)87)88-75-74-83(3,4)5)91-80(85)73-71-69-67-65-63-61-59-57-55-53-51-49-47-45-43-41-39-37-35-33-31-29-27-25-23-21-19-17-15-13-11-9-7-2/h19,21,24-27,78,82H,6-18,20,22-23,28-77H2,1-5H3/b21-19-,26-24-,27-25-. The highest BCUT2D eigenvalue weighted by atomic mass is 16.7. The van der Waals surface area contributed by atoms with Crippen LogP contribution in [0.25, 0.3) is 0 Å². The van der Waals surface area contributed by atoms with E-state index in [4.69, 9.17) is 18.9 Å². The first-order valence-corrected chi connectivity index (χ1v) is 40.1. The lowest BCUT2D eigenvalue weighted by atomic mass is 10.0. The maximum atomic E-state index is 13.0. The molecule has 0 radical (unpaired) electrons. The molecule has 0 rings (SSSR count). The molecule has 0 amide bonds. The maximum Gasteiger partial charge on any atom is 0.306 e. The van der Waals surface area contributed by atoms with E-state index in [1.807, 2.05) is 21.1 Å². The minimum atomic E-state index is -1.62. The molecule has 2 atom stereocenters. The molecule has 0 fully saturated rings. The zero-order valence-corrected chi connectivity index (χ0v) is 61.5. The highest BCUT2D eigenvalue weighted by Crippen LogP contribution is 2.20. The topological polar surface area (TPSA) is 111 Å². The number of esters is 2. The Kier molecular flexibility index (Phi) is 71.3. The Bertz CT molecular complexity index is 1590. The van der Waals surface area contributed by atoms with Gasteiger partial charge in [0.2, 0.25) is 0 Å². The van der Waals surface area contributed by atoms with E-state index in [0.29, 0.717) is 17.4 Å². The first-order valence-electron chi connectivity index (χ1n) is 40.1. The number of aliphatic carboxylic acids is 1. The Morgan fingerprint density at radius 2 is 0.593 bits per heavy atom. The zero-order chi connectivity index (χ0) is 66.1. The van der Waals surface area contributed by atoms with Gasteiger partial charge in [-0.25, -0.2) is 0 Å². The SMILES string of the molecule is CCCCCCC/C=C\C/C=C\CCCCCCCCCCCCCCCCCCCCCCCC(=O)OC(COC(=O)CCCCCCCCCCCCCCCCCCCCCCC/C=C\CCCCCCCCCC)COC(OCC[N+](C)(C)C)C(=O)[O-]. The van der Waals surface area contributed by atoms with E-state index < -0.39 is 24.3 Å². The minimum absolute atomic E-state index is 0.151. The average molecular weight is 1280 g/mol. The van der Waals surface area contributed by atoms with Crippen LogP contribution in [0.2, 0.25) is 0 Å². The summed E-state index contributed by atoms with van der Waals surface area (Å²) in [5, 5.41) is 11.9. The summed E-state index contributed by atoms with van der Waals surface area (Å²) in [6, 6.07) is 0. The van der Waals surface area contributed by atoms with E-state index >= 15 is 0 Å². The monoisotopic (exact) mass is 1280 g/mol. The summed E-state index contributed by atoms with van der Waals surface area (Å²) in [6.45, 7) is 4.82. The predicted molar refractivity (Wildman–Crippen MR) is 389 cm³/mol. The van der Waals surface area contributed by atoms with Crippen LogP contribution in [0.5, 0.6) is 0 Å². The molecule has 0 aromatic rings. The second-order valence-corrected chi connectivity index (χ2v) is 28.7. The van der Waals surface area contributed by atoms with Crippen molar-refractivity contribution < 1.29 is 42.9 Å². The predicted octanol–water partition coefficient (Wildman–Crippen LogP) is 24.2. The van der Waals surface area contributed by atoms with E-state index in [1.54, 1.807) is 0 Å². The Balaban J connectivity index is 3.97. The number of carbonyl (C=O) groups is 3. The van der Waals surface area contributed by atoms with E-state index in [1.165, 1.54) is 340 Å². The van der Waals surface area contributed by atoms with Crippen LogP contribution >= 0.6 is 0 Å². The lowest BCUT2D eigenvalue weighted by Gasteiger charge is -2.26. The molecular formula is C82H155NO8. The van der Waals surface area contributed by atoms with Crippen LogP contribution in [0, 0.1) is 0 Å². The lowest BCUT2D eigenvalue weighted by Crippen LogP contribution is -2.44. The fraction of sp³-hybridized carbons (Fsp3) is 0.890. The normalized spacial score (nSPS) is 12.8. The fourth-order valence-electron chi connectivity index (χ4n) is 12.2. The van der Waals surface area contributed by atoms with Crippen molar-refractivity contribution >= 4 is 17.9 Å². The van der Waals surface area contributed by atoms with Crippen molar-refractivity contribution in [3.63, 3.8) is 0 Å². The number of unbranched alkanes of at least 4 members (excludes halogenated alkanes) is 55. The molecule has 0 aromatic carbocycles. The number of rotatable bonds is 76. The van der Waals surface area contributed by atoms with Gasteiger partial charge in [0.25, 0.3) is 0 Å². The molecule has 536 valence electrons. The van der Waals surface area contributed by atoms with Gasteiger partial charge in [-0.1, -0.05) is 365 Å². The van der Waals surface area contributed by atoms with Gasteiger partial charge < -0.3 is 33.3 Å². The number of hydrogen-bond donors (Lipinski definition) is 0. The number of quaternary nitrogens is 1. The van der Waals surface area contributed by atoms with E-state index in [2.05, 4.69) is 50.3 Å². The molecule has 0 heterocycles. The van der Waals surface area contributed by atoms with Crippen LogP contribution in [-0.2, 0) is 33.3 Å². The zero-order valence-electron chi connectivity index (χ0n) is 61.5. The summed E-state index contributed by atoms with van der Waals surface area (Å²) in [4.78, 5) is 37.6. The van der Waals surface area contributed by atoms with Crippen LogP contribution < -0.4 is 5.11 Å². The third kappa shape index (κ3) is 74.8. The quantitative estimate of drug-likeness (QED) is 0.0195. The molecule has 0 aliphatic carbocycles. The number of hydrogen-bond acceptors (Lipinski definition) is 8.